The maximum atomic E-state index is 11.9. The molecule has 0 bridgehead atoms. The van der Waals surface area contributed by atoms with E-state index >= 15 is 0 Å². The Balaban J connectivity index is 2.61. The smallest absolute Gasteiger partial charge is 0.392 e. The van der Waals surface area contributed by atoms with Crippen molar-refractivity contribution in [2.45, 2.75) is 25.6 Å². The van der Waals surface area contributed by atoms with Gasteiger partial charge < -0.3 is 10.5 Å². The average Bonchev–Trinajstić information content (AvgIpc) is 2.18. The molecule has 1 rings (SSSR count). The molecule has 3 nitrogen and oxygen atoms in total. The molecule has 0 saturated carbocycles. The topological polar surface area (TPSA) is 48.1 Å². The molecular weight excluding hydrogens is 257 g/mol. The molecule has 1 atom stereocenters. The van der Waals surface area contributed by atoms with Crippen LogP contribution in [-0.2, 0) is 0 Å². The van der Waals surface area contributed by atoms with Crippen molar-refractivity contribution in [2.24, 2.45) is 5.73 Å². The van der Waals surface area contributed by atoms with Gasteiger partial charge in [-0.25, -0.2) is 4.98 Å². The first-order valence-electron chi connectivity index (χ1n) is 4.90. The molecule has 0 saturated heterocycles. The maximum absolute atomic E-state index is 11.9. The first kappa shape index (κ1) is 14.1. The van der Waals surface area contributed by atoms with Gasteiger partial charge in [0.2, 0.25) is 5.88 Å². The summed E-state index contributed by atoms with van der Waals surface area (Å²) in [5, 5.41) is 0.155. The Kier molecular flexibility index (Phi) is 4.59. The van der Waals surface area contributed by atoms with E-state index in [0.29, 0.717) is 5.56 Å². The molecule has 1 aromatic rings. The van der Waals surface area contributed by atoms with E-state index in [1.807, 2.05) is 0 Å². The zero-order chi connectivity index (χ0) is 13.1. The maximum Gasteiger partial charge on any atom is 0.392 e. The molecule has 2 N–H and O–H groups in total. The second-order valence-corrected chi connectivity index (χ2v) is 3.97. The van der Waals surface area contributed by atoms with Crippen molar-refractivity contribution in [3.05, 3.63) is 22.8 Å². The van der Waals surface area contributed by atoms with Crippen molar-refractivity contribution in [2.75, 3.05) is 6.61 Å². The minimum Gasteiger partial charge on any atom is -0.476 e. The summed E-state index contributed by atoms with van der Waals surface area (Å²) in [4.78, 5) is 3.82. The summed E-state index contributed by atoms with van der Waals surface area (Å²) in [5.74, 6) is -0.0136. The molecule has 0 radical (unpaired) electrons. The molecule has 0 fully saturated rings. The number of hydrogen-bond acceptors (Lipinski definition) is 3. The van der Waals surface area contributed by atoms with Crippen LogP contribution in [-0.4, -0.2) is 17.8 Å². The van der Waals surface area contributed by atoms with Crippen LogP contribution in [0.4, 0.5) is 13.2 Å². The third-order valence-corrected chi connectivity index (χ3v) is 2.25. The van der Waals surface area contributed by atoms with E-state index < -0.39 is 19.2 Å². The summed E-state index contributed by atoms with van der Waals surface area (Å²) in [6.07, 6.45) is -3.86. The Morgan fingerprint density at radius 3 is 2.65 bits per heavy atom. The molecule has 0 amide bonds. The van der Waals surface area contributed by atoms with Gasteiger partial charge in [0.05, 0.1) is 13.0 Å². The Morgan fingerprint density at radius 2 is 2.18 bits per heavy atom. The lowest BCUT2D eigenvalue weighted by Gasteiger charge is -2.11. The van der Waals surface area contributed by atoms with Gasteiger partial charge in [0.25, 0.3) is 0 Å². The highest BCUT2D eigenvalue weighted by molar-refractivity contribution is 6.31. The van der Waals surface area contributed by atoms with Crippen molar-refractivity contribution < 1.29 is 17.9 Å². The van der Waals surface area contributed by atoms with Crippen LogP contribution in [0.2, 0.25) is 5.02 Å². The van der Waals surface area contributed by atoms with Gasteiger partial charge in [-0.15, -0.1) is 0 Å². The van der Waals surface area contributed by atoms with Gasteiger partial charge >= 0.3 is 6.18 Å². The average molecular weight is 269 g/mol. The van der Waals surface area contributed by atoms with Crippen LogP contribution in [0.5, 0.6) is 5.88 Å². The molecule has 0 aromatic carbocycles. The Morgan fingerprint density at radius 1 is 1.53 bits per heavy atom. The van der Waals surface area contributed by atoms with Crippen molar-refractivity contribution in [3.8, 4) is 5.88 Å². The fraction of sp³-hybridized carbons (Fsp3) is 0.500. The second-order valence-electron chi connectivity index (χ2n) is 3.56. The number of alkyl halides is 3. The van der Waals surface area contributed by atoms with E-state index in [1.165, 1.54) is 12.3 Å². The highest BCUT2D eigenvalue weighted by Gasteiger charge is 2.27. The number of rotatable bonds is 4. The number of hydrogen-bond donors (Lipinski definition) is 1. The molecular formula is C10H12ClF3N2O. The summed E-state index contributed by atoms with van der Waals surface area (Å²) in [7, 11) is 0. The fourth-order valence-corrected chi connectivity index (χ4v) is 1.29. The molecule has 0 aliphatic carbocycles. The number of halogens is 4. The van der Waals surface area contributed by atoms with E-state index in [-0.39, 0.29) is 16.9 Å². The van der Waals surface area contributed by atoms with Crippen molar-refractivity contribution in [1.29, 1.82) is 0 Å². The van der Waals surface area contributed by atoms with E-state index in [0.717, 1.165) is 0 Å². The molecule has 0 aliphatic heterocycles. The molecule has 1 unspecified atom stereocenters. The lowest BCUT2D eigenvalue weighted by molar-refractivity contribution is -0.139. The molecule has 0 aliphatic rings. The summed E-state index contributed by atoms with van der Waals surface area (Å²) in [6.45, 7) is 1.24. The van der Waals surface area contributed by atoms with Gasteiger partial charge in [-0.1, -0.05) is 11.6 Å². The van der Waals surface area contributed by atoms with Crippen LogP contribution in [0.15, 0.2) is 12.3 Å². The summed E-state index contributed by atoms with van der Waals surface area (Å²) in [5.41, 5.74) is 6.29. The van der Waals surface area contributed by atoms with Gasteiger partial charge in [-0.05, 0) is 18.6 Å². The first-order valence-corrected chi connectivity index (χ1v) is 5.28. The number of ether oxygens (including phenoxy) is 1. The molecule has 96 valence electrons. The highest BCUT2D eigenvalue weighted by atomic mass is 35.5. The van der Waals surface area contributed by atoms with E-state index in [9.17, 15) is 13.2 Å². The fourth-order valence-electron chi connectivity index (χ4n) is 1.06. The molecule has 17 heavy (non-hydrogen) atoms. The molecule has 1 heterocycles. The van der Waals surface area contributed by atoms with Crippen LogP contribution >= 0.6 is 11.6 Å². The number of nitrogens with two attached hydrogens (primary N) is 1. The van der Waals surface area contributed by atoms with Gasteiger partial charge in [-0.2, -0.15) is 13.2 Å². The monoisotopic (exact) mass is 268 g/mol. The quantitative estimate of drug-likeness (QED) is 0.913. The van der Waals surface area contributed by atoms with E-state index in [4.69, 9.17) is 22.1 Å². The minimum absolute atomic E-state index is 0.0136. The SMILES string of the molecule is CC(N)c1cnc(OCCC(F)(F)F)c(Cl)c1. The molecule has 1 aromatic heterocycles. The lowest BCUT2D eigenvalue weighted by atomic mass is 10.2. The van der Waals surface area contributed by atoms with Gasteiger partial charge in [0.1, 0.15) is 5.02 Å². The number of pyridine rings is 1. The predicted molar refractivity (Wildman–Crippen MR) is 58.0 cm³/mol. The summed E-state index contributed by atoms with van der Waals surface area (Å²) < 4.78 is 40.5. The van der Waals surface area contributed by atoms with Crippen LogP contribution in [0, 0.1) is 0 Å². The van der Waals surface area contributed by atoms with Crippen LogP contribution in [0.1, 0.15) is 24.9 Å². The van der Waals surface area contributed by atoms with Crippen molar-refractivity contribution in [1.82, 2.24) is 4.98 Å². The molecule has 0 spiro atoms. The zero-order valence-electron chi connectivity index (χ0n) is 9.09. The summed E-state index contributed by atoms with van der Waals surface area (Å²) >= 11 is 5.80. The Hall–Kier alpha value is -1.01. The van der Waals surface area contributed by atoms with Crippen LogP contribution in [0.3, 0.4) is 0 Å². The standard InChI is InChI=1S/C10H12ClF3N2O/c1-6(15)7-4-8(11)9(16-5-7)17-3-2-10(12,13)14/h4-6H,2-3,15H2,1H3. The summed E-state index contributed by atoms with van der Waals surface area (Å²) in [6, 6.07) is 1.28. The van der Waals surface area contributed by atoms with Crippen molar-refractivity contribution in [3.63, 3.8) is 0 Å². The second kappa shape index (κ2) is 5.55. The predicted octanol–water partition coefficient (Wildman–Crippen LogP) is 3.09. The van der Waals surface area contributed by atoms with E-state index in [1.54, 1.807) is 6.92 Å². The highest BCUT2D eigenvalue weighted by Crippen LogP contribution is 2.26. The Bertz CT molecular complexity index is 382. The third kappa shape index (κ3) is 4.79. The van der Waals surface area contributed by atoms with Crippen LogP contribution in [0.25, 0.3) is 0 Å². The molecule has 7 heteroatoms. The van der Waals surface area contributed by atoms with Crippen LogP contribution < -0.4 is 10.5 Å². The van der Waals surface area contributed by atoms with Gasteiger partial charge in [0, 0.05) is 12.2 Å². The normalized spacial score (nSPS) is 13.5. The Labute approximate surface area is 102 Å². The minimum atomic E-state index is -4.25. The number of nitrogens with zero attached hydrogens (tertiary/aromatic N) is 1. The van der Waals surface area contributed by atoms with Gasteiger partial charge in [-0.3, -0.25) is 0 Å². The third-order valence-electron chi connectivity index (χ3n) is 1.98. The van der Waals surface area contributed by atoms with Gasteiger partial charge in [0.15, 0.2) is 0 Å². The number of aromatic nitrogens is 1. The zero-order valence-corrected chi connectivity index (χ0v) is 9.85. The largest absolute Gasteiger partial charge is 0.476 e. The lowest BCUT2D eigenvalue weighted by Crippen LogP contribution is -2.13. The first-order chi connectivity index (χ1) is 7.79. The van der Waals surface area contributed by atoms with Crippen molar-refractivity contribution >= 4 is 11.6 Å². The van der Waals surface area contributed by atoms with E-state index in [2.05, 4.69) is 4.98 Å².